The molecule has 28 heavy (non-hydrogen) atoms. The Balaban J connectivity index is 1.66. The van der Waals surface area contributed by atoms with Crippen LogP contribution in [0.25, 0.3) is 0 Å². The van der Waals surface area contributed by atoms with Crippen LogP contribution in [0.4, 0.5) is 0 Å². The van der Waals surface area contributed by atoms with Gasteiger partial charge in [0, 0.05) is 6.42 Å². The number of fused-ring (bicyclic) bond motifs is 1. The number of carbonyl (C=O) groups excluding carboxylic acids is 1. The summed E-state index contributed by atoms with van der Waals surface area (Å²) in [5.41, 5.74) is 1.41. The number of esters is 1. The van der Waals surface area contributed by atoms with Crippen molar-refractivity contribution in [3.63, 3.8) is 0 Å². The molecule has 3 aliphatic rings. The molecular formula is C23H34O5. The van der Waals surface area contributed by atoms with E-state index in [2.05, 4.69) is 25.2 Å². The third-order valence-electron chi connectivity index (χ3n) is 6.99. The second kappa shape index (κ2) is 9.25. The van der Waals surface area contributed by atoms with Gasteiger partial charge >= 0.3 is 11.9 Å². The van der Waals surface area contributed by atoms with Crippen LogP contribution < -0.4 is 0 Å². The first kappa shape index (κ1) is 21.1. The second-order valence-electron chi connectivity index (χ2n) is 9.05. The van der Waals surface area contributed by atoms with Crippen molar-refractivity contribution in [2.75, 3.05) is 0 Å². The Morgan fingerprint density at radius 1 is 1.32 bits per heavy atom. The lowest BCUT2D eigenvalue weighted by Gasteiger charge is -2.43. The molecule has 5 heteroatoms. The van der Waals surface area contributed by atoms with Crippen LogP contribution in [0.2, 0.25) is 0 Å². The van der Waals surface area contributed by atoms with Gasteiger partial charge in [0.2, 0.25) is 0 Å². The Morgan fingerprint density at radius 3 is 2.82 bits per heavy atom. The molecule has 5 nitrogen and oxygen atoms in total. The van der Waals surface area contributed by atoms with Crippen molar-refractivity contribution in [1.29, 1.82) is 0 Å². The van der Waals surface area contributed by atoms with Crippen molar-refractivity contribution < 1.29 is 24.5 Å². The summed E-state index contributed by atoms with van der Waals surface area (Å²) in [6, 6.07) is 0. The van der Waals surface area contributed by atoms with Crippen LogP contribution in [-0.4, -0.2) is 34.4 Å². The zero-order chi connectivity index (χ0) is 20.3. The average Bonchev–Trinajstić information content (AvgIpc) is 2.64. The number of allylic oxidation sites excluding steroid dienone is 4. The first-order chi connectivity index (χ1) is 13.3. The summed E-state index contributed by atoms with van der Waals surface area (Å²) in [6.07, 6.45) is 12.4. The molecule has 1 heterocycles. The normalized spacial score (nSPS) is 36.2. The molecule has 0 bridgehead atoms. The molecule has 2 aliphatic carbocycles. The van der Waals surface area contributed by atoms with Gasteiger partial charge in [-0.3, -0.25) is 9.59 Å². The lowest BCUT2D eigenvalue weighted by atomic mass is 9.62. The van der Waals surface area contributed by atoms with Gasteiger partial charge in [-0.2, -0.15) is 0 Å². The van der Waals surface area contributed by atoms with Gasteiger partial charge in [0.15, 0.2) is 0 Å². The fourth-order valence-electron chi connectivity index (χ4n) is 5.33. The predicted molar refractivity (Wildman–Crippen MR) is 106 cm³/mol. The van der Waals surface area contributed by atoms with Crippen molar-refractivity contribution in [2.24, 2.45) is 29.6 Å². The van der Waals surface area contributed by atoms with Crippen molar-refractivity contribution in [3.05, 3.63) is 23.8 Å². The van der Waals surface area contributed by atoms with E-state index in [1.54, 1.807) is 6.92 Å². The van der Waals surface area contributed by atoms with Crippen LogP contribution >= 0.6 is 0 Å². The third kappa shape index (κ3) is 5.05. The maximum Gasteiger partial charge on any atom is 0.308 e. The smallest absolute Gasteiger partial charge is 0.308 e. The highest BCUT2D eigenvalue weighted by molar-refractivity contribution is 5.71. The minimum atomic E-state index is -0.710. The average molecular weight is 391 g/mol. The Hall–Kier alpha value is -1.62. The monoisotopic (exact) mass is 390 g/mol. The standard InChI is InChI=1S/C23H34O5/c1-14-6-8-16-4-3-5-17(9-7-15(2)23(26)27)22(16)20(14)11-10-19-12-18(24)13-21(25)28-19/h4,6,8,14-15,17-20,22,24H,3,5,7,9-13H2,1-2H3,(H,26,27)/t14-,15+,17+,18-,19-,20+,22-/m1/s1. The van der Waals surface area contributed by atoms with E-state index in [1.807, 2.05) is 0 Å². The number of hydrogen-bond acceptors (Lipinski definition) is 4. The SMILES string of the molecule is C[C@@H]1C=CC2=CCC[C@@H](CC[C@H](C)C(=O)O)[C@@H]2[C@H]1CC[C@@H]1C[C@@H](O)CC(=O)O1. The minimum Gasteiger partial charge on any atom is -0.481 e. The van der Waals surface area contributed by atoms with Crippen LogP contribution in [-0.2, 0) is 14.3 Å². The van der Waals surface area contributed by atoms with Crippen molar-refractivity contribution >= 4 is 11.9 Å². The van der Waals surface area contributed by atoms with Gasteiger partial charge in [0.1, 0.15) is 6.10 Å². The van der Waals surface area contributed by atoms with Crippen LogP contribution in [0.15, 0.2) is 23.8 Å². The molecule has 0 aromatic heterocycles. The summed E-state index contributed by atoms with van der Waals surface area (Å²) in [7, 11) is 0. The maximum atomic E-state index is 11.6. The molecule has 7 atom stereocenters. The molecule has 0 amide bonds. The van der Waals surface area contributed by atoms with E-state index in [1.165, 1.54) is 5.57 Å². The molecule has 156 valence electrons. The highest BCUT2D eigenvalue weighted by atomic mass is 16.5. The zero-order valence-corrected chi connectivity index (χ0v) is 17.0. The molecule has 3 rings (SSSR count). The first-order valence-electron chi connectivity index (χ1n) is 10.8. The number of cyclic esters (lactones) is 1. The van der Waals surface area contributed by atoms with Crippen LogP contribution in [0, 0.1) is 29.6 Å². The van der Waals surface area contributed by atoms with Crippen molar-refractivity contribution in [3.8, 4) is 0 Å². The molecule has 0 unspecified atom stereocenters. The van der Waals surface area contributed by atoms with Gasteiger partial charge in [-0.05, 0) is 67.8 Å². The lowest BCUT2D eigenvalue weighted by Crippen LogP contribution is -2.36. The van der Waals surface area contributed by atoms with Crippen LogP contribution in [0.3, 0.4) is 0 Å². The molecule has 0 aromatic rings. The third-order valence-corrected chi connectivity index (χ3v) is 6.99. The molecular weight excluding hydrogens is 356 g/mol. The van der Waals surface area contributed by atoms with E-state index in [4.69, 9.17) is 4.74 Å². The molecule has 0 aromatic carbocycles. The molecule has 0 radical (unpaired) electrons. The van der Waals surface area contributed by atoms with Gasteiger partial charge in [-0.15, -0.1) is 0 Å². The van der Waals surface area contributed by atoms with Gasteiger partial charge < -0.3 is 14.9 Å². The Bertz CT molecular complexity index is 637. The topological polar surface area (TPSA) is 83.8 Å². The lowest BCUT2D eigenvalue weighted by molar-refractivity contribution is -0.160. The first-order valence-corrected chi connectivity index (χ1v) is 10.8. The molecule has 0 saturated carbocycles. The summed E-state index contributed by atoms with van der Waals surface area (Å²) in [5.74, 6) is 0.588. The number of rotatable bonds is 7. The summed E-state index contributed by atoms with van der Waals surface area (Å²) in [5, 5.41) is 19.1. The molecule has 2 N–H and O–H groups in total. The highest BCUT2D eigenvalue weighted by Crippen LogP contribution is 2.47. The van der Waals surface area contributed by atoms with E-state index in [-0.39, 0.29) is 24.4 Å². The number of ether oxygens (including phenoxy) is 1. The Kier molecular flexibility index (Phi) is 6.97. The summed E-state index contributed by atoms with van der Waals surface area (Å²) in [6.45, 7) is 4.05. The summed E-state index contributed by atoms with van der Waals surface area (Å²) in [4.78, 5) is 22.9. The Labute approximate surface area is 167 Å². The quantitative estimate of drug-likeness (QED) is 0.639. The van der Waals surface area contributed by atoms with Gasteiger partial charge in [-0.1, -0.05) is 32.1 Å². The fraction of sp³-hybridized carbons (Fsp3) is 0.739. The number of aliphatic hydroxyl groups is 1. The van der Waals surface area contributed by atoms with E-state index in [9.17, 15) is 19.8 Å². The largest absolute Gasteiger partial charge is 0.481 e. The number of carboxylic acid groups (broad SMARTS) is 1. The highest BCUT2D eigenvalue weighted by Gasteiger charge is 2.38. The zero-order valence-electron chi connectivity index (χ0n) is 17.0. The summed E-state index contributed by atoms with van der Waals surface area (Å²) < 4.78 is 5.45. The second-order valence-corrected chi connectivity index (χ2v) is 9.05. The number of carboxylic acids is 1. The minimum absolute atomic E-state index is 0.110. The van der Waals surface area contributed by atoms with E-state index >= 15 is 0 Å². The number of aliphatic hydroxyl groups excluding tert-OH is 1. The number of aliphatic carboxylic acids is 1. The van der Waals surface area contributed by atoms with Crippen LogP contribution in [0.1, 0.15) is 65.2 Å². The number of hydrogen-bond donors (Lipinski definition) is 2. The van der Waals surface area contributed by atoms with Crippen molar-refractivity contribution in [2.45, 2.75) is 77.4 Å². The van der Waals surface area contributed by atoms with Crippen LogP contribution in [0.5, 0.6) is 0 Å². The predicted octanol–water partition coefficient (Wildman–Crippen LogP) is 4.11. The van der Waals surface area contributed by atoms with Gasteiger partial charge in [0.25, 0.3) is 0 Å². The summed E-state index contributed by atoms with van der Waals surface area (Å²) >= 11 is 0. The molecule has 1 fully saturated rings. The van der Waals surface area contributed by atoms with E-state index in [0.717, 1.165) is 38.5 Å². The van der Waals surface area contributed by atoms with E-state index in [0.29, 0.717) is 30.1 Å². The van der Waals surface area contributed by atoms with Gasteiger partial charge in [-0.25, -0.2) is 0 Å². The van der Waals surface area contributed by atoms with Crippen molar-refractivity contribution in [1.82, 2.24) is 0 Å². The molecule has 1 aliphatic heterocycles. The Morgan fingerprint density at radius 2 is 2.11 bits per heavy atom. The molecule has 0 spiro atoms. The maximum absolute atomic E-state index is 11.6. The number of carbonyl (C=O) groups is 2. The molecule has 1 saturated heterocycles. The van der Waals surface area contributed by atoms with E-state index < -0.39 is 12.1 Å². The van der Waals surface area contributed by atoms with Gasteiger partial charge in [0.05, 0.1) is 18.4 Å². The fourth-order valence-corrected chi connectivity index (χ4v) is 5.33.